The maximum atomic E-state index is 13.0. The van der Waals surface area contributed by atoms with Gasteiger partial charge < -0.3 is 26.8 Å². The lowest BCUT2D eigenvalue weighted by Gasteiger charge is -2.20. The van der Waals surface area contributed by atoms with Gasteiger partial charge in [0.25, 0.3) is 5.91 Å². The van der Waals surface area contributed by atoms with Crippen LogP contribution in [0.5, 0.6) is 0 Å². The van der Waals surface area contributed by atoms with Crippen molar-refractivity contribution in [2.45, 2.75) is 32.5 Å². The molecule has 166 valence electrons. The summed E-state index contributed by atoms with van der Waals surface area (Å²) in [6.45, 7) is 1.11. The normalized spacial score (nSPS) is 13.4. The van der Waals surface area contributed by atoms with Crippen LogP contribution in [-0.2, 0) is 4.74 Å². The highest BCUT2D eigenvalue weighted by atomic mass is 19.3. The van der Waals surface area contributed by atoms with Crippen molar-refractivity contribution in [2.75, 3.05) is 24.4 Å². The zero-order chi connectivity index (χ0) is 22.7. The fourth-order valence-corrected chi connectivity index (χ4v) is 2.93. The highest BCUT2D eigenvalue weighted by molar-refractivity contribution is 5.96. The molecule has 0 saturated carbocycles. The molecule has 0 radical (unpaired) electrons. The molecule has 31 heavy (non-hydrogen) atoms. The Morgan fingerprint density at radius 2 is 2.06 bits per heavy atom. The van der Waals surface area contributed by atoms with Gasteiger partial charge in [0.2, 0.25) is 5.95 Å². The highest BCUT2D eigenvalue weighted by Crippen LogP contribution is 2.27. The van der Waals surface area contributed by atoms with Gasteiger partial charge in [0.1, 0.15) is 0 Å². The van der Waals surface area contributed by atoms with Crippen molar-refractivity contribution >= 4 is 34.3 Å². The summed E-state index contributed by atoms with van der Waals surface area (Å²) in [6, 6.07) is 2.69. The SMILES string of the molecule is COC[C@H](N)[C@@H](C)Nc1nnc(C(N)=O)c(Nc2cc(C)c3nn(C(F)F)cc3c2)n1. The quantitative estimate of drug-likeness (QED) is 0.391. The summed E-state index contributed by atoms with van der Waals surface area (Å²) in [5, 5.41) is 18.0. The zero-order valence-electron chi connectivity index (χ0n) is 17.1. The fourth-order valence-electron chi connectivity index (χ4n) is 2.93. The van der Waals surface area contributed by atoms with E-state index in [0.717, 1.165) is 0 Å². The number of nitrogens with one attached hydrogen (secondary N) is 2. The molecule has 3 rings (SSSR count). The summed E-state index contributed by atoms with van der Waals surface area (Å²) >= 11 is 0. The van der Waals surface area contributed by atoms with Crippen molar-refractivity contribution in [3.63, 3.8) is 0 Å². The molecule has 0 unspecified atom stereocenters. The van der Waals surface area contributed by atoms with Gasteiger partial charge in [-0.1, -0.05) is 0 Å². The predicted molar refractivity (Wildman–Crippen MR) is 110 cm³/mol. The van der Waals surface area contributed by atoms with Crippen LogP contribution in [-0.4, -0.2) is 56.7 Å². The lowest BCUT2D eigenvalue weighted by Crippen LogP contribution is -2.41. The van der Waals surface area contributed by atoms with Crippen molar-refractivity contribution in [1.29, 1.82) is 0 Å². The Labute approximate surface area is 176 Å². The number of anilines is 3. The number of halogens is 2. The summed E-state index contributed by atoms with van der Waals surface area (Å²) in [5.74, 6) is -0.658. The smallest absolute Gasteiger partial charge is 0.333 e. The van der Waals surface area contributed by atoms with Crippen LogP contribution in [0.2, 0.25) is 0 Å². The molecule has 2 heterocycles. The molecule has 0 aliphatic rings. The number of hydrogen-bond acceptors (Lipinski definition) is 9. The number of alkyl halides is 2. The lowest BCUT2D eigenvalue weighted by molar-refractivity contribution is 0.0573. The Morgan fingerprint density at radius 3 is 2.71 bits per heavy atom. The van der Waals surface area contributed by atoms with Crippen LogP contribution in [0.4, 0.5) is 26.2 Å². The second kappa shape index (κ2) is 9.14. The number of primary amides is 1. The number of fused-ring (bicyclic) bond motifs is 1. The van der Waals surface area contributed by atoms with Crippen molar-refractivity contribution < 1.29 is 18.3 Å². The van der Waals surface area contributed by atoms with E-state index in [2.05, 4.69) is 30.9 Å². The van der Waals surface area contributed by atoms with Crippen molar-refractivity contribution in [3.8, 4) is 0 Å². The first-order chi connectivity index (χ1) is 14.7. The number of aryl methyl sites for hydroxylation is 1. The number of nitrogens with two attached hydrogens (primary N) is 2. The maximum Gasteiger partial charge on any atom is 0.333 e. The number of amides is 1. The molecule has 2 aromatic heterocycles. The van der Waals surface area contributed by atoms with Crippen molar-refractivity contribution in [3.05, 3.63) is 29.6 Å². The Hall–Kier alpha value is -3.45. The molecule has 0 aliphatic heterocycles. The Bertz CT molecular complexity index is 1090. The van der Waals surface area contributed by atoms with Crippen LogP contribution in [0, 0.1) is 6.92 Å². The minimum atomic E-state index is -2.75. The van der Waals surface area contributed by atoms with Gasteiger partial charge in [-0.3, -0.25) is 4.79 Å². The van der Waals surface area contributed by atoms with Crippen LogP contribution >= 0.6 is 0 Å². The van der Waals surface area contributed by atoms with E-state index in [1.165, 1.54) is 13.3 Å². The summed E-state index contributed by atoms with van der Waals surface area (Å²) in [4.78, 5) is 16.1. The number of rotatable bonds is 9. The minimum Gasteiger partial charge on any atom is -0.383 e. The molecular weight excluding hydrogens is 412 g/mol. The van der Waals surface area contributed by atoms with Gasteiger partial charge in [-0.25, -0.2) is 4.68 Å². The molecule has 6 N–H and O–H groups in total. The van der Waals surface area contributed by atoms with Crippen molar-refractivity contribution in [2.24, 2.45) is 11.5 Å². The first kappa shape index (κ1) is 22.2. The first-order valence-electron chi connectivity index (χ1n) is 9.29. The summed E-state index contributed by atoms with van der Waals surface area (Å²) in [7, 11) is 1.54. The number of carbonyl (C=O) groups is 1. The molecule has 0 spiro atoms. The third-order valence-electron chi connectivity index (χ3n) is 4.56. The van der Waals surface area contributed by atoms with Crippen LogP contribution in [0.3, 0.4) is 0 Å². The molecule has 3 aromatic rings. The third-order valence-corrected chi connectivity index (χ3v) is 4.56. The number of benzene rings is 1. The second-order valence-corrected chi connectivity index (χ2v) is 6.99. The Morgan fingerprint density at radius 1 is 1.32 bits per heavy atom. The summed E-state index contributed by atoms with van der Waals surface area (Å²) < 4.78 is 31.5. The van der Waals surface area contributed by atoms with E-state index in [0.29, 0.717) is 33.4 Å². The fraction of sp³-hybridized carbons (Fsp3) is 0.389. The molecule has 1 aromatic carbocycles. The lowest BCUT2D eigenvalue weighted by atomic mass is 10.1. The number of ether oxygens (including phenoxy) is 1. The van der Waals surface area contributed by atoms with Crippen LogP contribution < -0.4 is 22.1 Å². The molecule has 0 fully saturated rings. The Balaban J connectivity index is 1.92. The van der Waals surface area contributed by atoms with Gasteiger partial charge in [0.15, 0.2) is 11.5 Å². The molecule has 11 nitrogen and oxygen atoms in total. The predicted octanol–water partition coefficient (Wildman–Crippen LogP) is 1.54. The van der Waals surface area contributed by atoms with Crippen molar-refractivity contribution in [1.82, 2.24) is 25.0 Å². The van der Waals surface area contributed by atoms with E-state index in [4.69, 9.17) is 16.2 Å². The van der Waals surface area contributed by atoms with E-state index in [1.807, 2.05) is 6.92 Å². The van der Waals surface area contributed by atoms with E-state index in [-0.39, 0.29) is 29.5 Å². The third kappa shape index (κ3) is 5.00. The zero-order valence-corrected chi connectivity index (χ0v) is 17.1. The number of carbonyl (C=O) groups excluding carboxylic acids is 1. The molecular formula is C18H23F2N9O2. The van der Waals surface area contributed by atoms with E-state index in [1.54, 1.807) is 19.1 Å². The van der Waals surface area contributed by atoms with E-state index >= 15 is 0 Å². The van der Waals surface area contributed by atoms with Gasteiger partial charge in [-0.15, -0.1) is 10.2 Å². The maximum absolute atomic E-state index is 13.0. The Kier molecular flexibility index (Phi) is 6.56. The van der Waals surface area contributed by atoms with Gasteiger partial charge >= 0.3 is 6.55 Å². The monoisotopic (exact) mass is 435 g/mol. The van der Waals surface area contributed by atoms with E-state index < -0.39 is 12.5 Å². The van der Waals surface area contributed by atoms with Crippen LogP contribution in [0.15, 0.2) is 18.3 Å². The average Bonchev–Trinajstić information content (AvgIpc) is 3.13. The molecule has 0 bridgehead atoms. The summed E-state index contributed by atoms with van der Waals surface area (Å²) in [6.07, 6.45) is 1.23. The van der Waals surface area contributed by atoms with Gasteiger partial charge in [0.05, 0.1) is 12.1 Å². The number of methoxy groups -OCH3 is 1. The highest BCUT2D eigenvalue weighted by Gasteiger charge is 2.19. The standard InChI is InChI=1S/C18H23F2N9O2/c1-8-4-11(5-10-6-29(17(19)20)28-13(8)10)24-16-14(15(22)30)26-27-18(25-16)23-9(2)12(21)7-31-3/h4-6,9,12,17H,7,21H2,1-3H3,(H2,22,30)(H2,23,24,25,27)/t9-,12+/m1/s1. The van der Waals surface area contributed by atoms with Gasteiger partial charge in [-0.05, 0) is 31.5 Å². The number of aromatic nitrogens is 5. The second-order valence-electron chi connectivity index (χ2n) is 6.99. The number of hydrogen-bond donors (Lipinski definition) is 4. The summed E-state index contributed by atoms with van der Waals surface area (Å²) in [5.41, 5.74) is 12.8. The van der Waals surface area contributed by atoms with Gasteiger partial charge in [0, 0.05) is 36.5 Å². The molecule has 1 amide bonds. The molecule has 0 saturated heterocycles. The van der Waals surface area contributed by atoms with Crippen LogP contribution in [0.1, 0.15) is 29.5 Å². The number of nitrogens with zero attached hydrogens (tertiary/aromatic N) is 5. The van der Waals surface area contributed by atoms with E-state index in [9.17, 15) is 13.6 Å². The minimum absolute atomic E-state index is 0.0533. The largest absolute Gasteiger partial charge is 0.383 e. The van der Waals surface area contributed by atoms with Crippen LogP contribution in [0.25, 0.3) is 10.9 Å². The molecule has 13 heteroatoms. The topological polar surface area (TPSA) is 159 Å². The first-order valence-corrected chi connectivity index (χ1v) is 9.29. The van der Waals surface area contributed by atoms with Gasteiger partial charge in [-0.2, -0.15) is 18.9 Å². The molecule has 0 aliphatic carbocycles. The molecule has 2 atom stereocenters. The average molecular weight is 435 g/mol.